The number of carboxylic acids is 1. The summed E-state index contributed by atoms with van der Waals surface area (Å²) < 4.78 is 0. The van der Waals surface area contributed by atoms with E-state index in [2.05, 4.69) is 86.2 Å². The number of hydrogen-bond acceptors (Lipinski definition) is 3. The van der Waals surface area contributed by atoms with Crippen LogP contribution < -0.4 is 5.32 Å². The fraction of sp³-hybridized carbons (Fsp3) is 0.421. The van der Waals surface area contributed by atoms with E-state index in [4.69, 9.17) is 0 Å². The van der Waals surface area contributed by atoms with Crippen molar-refractivity contribution in [1.82, 2.24) is 15.2 Å². The third-order valence-corrected chi connectivity index (χ3v) is 10.0. The zero-order valence-electron chi connectivity index (χ0n) is 26.7. The van der Waals surface area contributed by atoms with Crippen LogP contribution in [0.25, 0.3) is 22.2 Å². The van der Waals surface area contributed by atoms with Crippen LogP contribution in [0.3, 0.4) is 0 Å². The molecule has 0 aliphatic carbocycles. The molecule has 0 radical (unpaired) electrons. The molecule has 44 heavy (non-hydrogen) atoms. The summed E-state index contributed by atoms with van der Waals surface area (Å²) in [5.41, 5.74) is 9.04. The molecule has 6 rings (SSSR count). The van der Waals surface area contributed by atoms with Gasteiger partial charge in [-0.15, -0.1) is 0 Å². The van der Waals surface area contributed by atoms with Gasteiger partial charge in [0, 0.05) is 29.5 Å². The average Bonchev–Trinajstić information content (AvgIpc) is 3.71. The van der Waals surface area contributed by atoms with Gasteiger partial charge >= 0.3 is 5.97 Å². The molecule has 3 aromatic carbocycles. The second-order valence-corrected chi connectivity index (χ2v) is 13.7. The van der Waals surface area contributed by atoms with Crippen LogP contribution in [0.1, 0.15) is 90.5 Å². The van der Waals surface area contributed by atoms with Gasteiger partial charge in [0.25, 0.3) is 0 Å². The minimum Gasteiger partial charge on any atom is -0.478 e. The van der Waals surface area contributed by atoms with E-state index in [0.717, 1.165) is 67.5 Å². The molecule has 2 bridgehead atoms. The number of aryl methyl sites for hydroxylation is 2. The predicted octanol–water partition coefficient (Wildman–Crippen LogP) is 7.52. The van der Waals surface area contributed by atoms with Crippen LogP contribution in [0.4, 0.5) is 0 Å². The van der Waals surface area contributed by atoms with Gasteiger partial charge in [-0.3, -0.25) is 4.79 Å². The summed E-state index contributed by atoms with van der Waals surface area (Å²) in [5.74, 6) is -0.432. The zero-order chi connectivity index (χ0) is 31.2. The summed E-state index contributed by atoms with van der Waals surface area (Å²) >= 11 is 0. The molecule has 4 aromatic rings. The van der Waals surface area contributed by atoms with E-state index in [-0.39, 0.29) is 11.8 Å². The second kappa shape index (κ2) is 11.9. The van der Waals surface area contributed by atoms with Crippen LogP contribution in [0.2, 0.25) is 0 Å². The molecule has 2 aliphatic rings. The lowest BCUT2D eigenvalue weighted by Crippen LogP contribution is -2.45. The maximum atomic E-state index is 14.0. The number of nitrogens with one attached hydrogen (secondary N) is 2. The molecule has 2 fully saturated rings. The van der Waals surface area contributed by atoms with Crippen LogP contribution >= 0.6 is 0 Å². The summed E-state index contributed by atoms with van der Waals surface area (Å²) in [4.78, 5) is 31.2. The first-order chi connectivity index (χ1) is 21.0. The van der Waals surface area contributed by atoms with Crippen molar-refractivity contribution in [2.24, 2.45) is 0 Å². The maximum absolute atomic E-state index is 14.0. The van der Waals surface area contributed by atoms with Crippen LogP contribution in [-0.2, 0) is 16.6 Å². The Kier molecular flexibility index (Phi) is 8.14. The largest absolute Gasteiger partial charge is 0.478 e. The van der Waals surface area contributed by atoms with Gasteiger partial charge in [-0.25, -0.2) is 4.79 Å². The SMILES string of the molecule is Cc1cc(C)cc(-c2[nH]c3ccc(C(C)(C)C(=O)N4C5CCC4CC5)cc3c2[C@@H](C)CNCCc2ccc(C(=O)O)cc2)c1. The minimum atomic E-state index is -0.902. The van der Waals surface area contributed by atoms with Gasteiger partial charge < -0.3 is 20.3 Å². The Labute approximate surface area is 260 Å². The summed E-state index contributed by atoms with van der Waals surface area (Å²) in [6.07, 6.45) is 5.40. The minimum absolute atomic E-state index is 0.206. The molecule has 2 aliphatic heterocycles. The Hall–Kier alpha value is -3.90. The van der Waals surface area contributed by atoms with Gasteiger partial charge in [0.1, 0.15) is 0 Å². The van der Waals surface area contributed by atoms with Crippen LogP contribution in [0, 0.1) is 13.8 Å². The van der Waals surface area contributed by atoms with Gasteiger partial charge in [-0.1, -0.05) is 42.3 Å². The van der Waals surface area contributed by atoms with Crippen LogP contribution in [0.5, 0.6) is 0 Å². The topological polar surface area (TPSA) is 85.4 Å². The number of benzene rings is 3. The van der Waals surface area contributed by atoms with E-state index in [1.807, 2.05) is 12.1 Å². The second-order valence-electron chi connectivity index (χ2n) is 13.7. The van der Waals surface area contributed by atoms with Crippen LogP contribution in [0.15, 0.2) is 60.7 Å². The number of aromatic nitrogens is 1. The first-order valence-corrected chi connectivity index (χ1v) is 16.1. The highest BCUT2D eigenvalue weighted by molar-refractivity contribution is 5.95. The molecule has 2 saturated heterocycles. The fourth-order valence-electron chi connectivity index (χ4n) is 7.62. The number of amides is 1. The number of fused-ring (bicyclic) bond motifs is 3. The third-order valence-electron chi connectivity index (χ3n) is 10.0. The van der Waals surface area contributed by atoms with Crippen molar-refractivity contribution in [3.8, 4) is 11.3 Å². The number of aromatic carboxylic acids is 1. The Morgan fingerprint density at radius 3 is 2.20 bits per heavy atom. The highest BCUT2D eigenvalue weighted by Gasteiger charge is 2.47. The Bertz CT molecular complexity index is 1660. The number of nitrogens with zero attached hydrogens (tertiary/aromatic N) is 1. The molecule has 3 N–H and O–H groups in total. The molecule has 230 valence electrons. The van der Waals surface area contributed by atoms with Crippen molar-refractivity contribution in [1.29, 1.82) is 0 Å². The summed E-state index contributed by atoms with van der Waals surface area (Å²) in [6, 6.07) is 21.2. The number of aromatic amines is 1. The number of carbonyl (C=O) groups excluding carboxylic acids is 1. The quantitative estimate of drug-likeness (QED) is 0.167. The summed E-state index contributed by atoms with van der Waals surface area (Å²) in [6.45, 7) is 12.3. The smallest absolute Gasteiger partial charge is 0.335 e. The van der Waals surface area contributed by atoms with E-state index in [1.165, 1.54) is 27.6 Å². The van der Waals surface area contributed by atoms with Gasteiger partial charge in [-0.05, 0) is 131 Å². The molecule has 1 aromatic heterocycles. The maximum Gasteiger partial charge on any atom is 0.335 e. The monoisotopic (exact) mass is 591 g/mol. The molecule has 6 heteroatoms. The van der Waals surface area contributed by atoms with Crippen molar-refractivity contribution in [3.63, 3.8) is 0 Å². The van der Waals surface area contributed by atoms with E-state index in [9.17, 15) is 14.7 Å². The normalized spacial score (nSPS) is 18.7. The number of carbonyl (C=O) groups is 2. The molecule has 3 heterocycles. The van der Waals surface area contributed by atoms with Crippen molar-refractivity contribution < 1.29 is 14.7 Å². The molecule has 0 saturated carbocycles. The number of hydrogen-bond donors (Lipinski definition) is 3. The van der Waals surface area contributed by atoms with Crippen molar-refractivity contribution in [2.45, 2.75) is 90.1 Å². The van der Waals surface area contributed by atoms with E-state index >= 15 is 0 Å². The molecule has 1 atom stereocenters. The fourth-order valence-corrected chi connectivity index (χ4v) is 7.62. The van der Waals surface area contributed by atoms with E-state index in [0.29, 0.717) is 17.6 Å². The first-order valence-electron chi connectivity index (χ1n) is 16.1. The van der Waals surface area contributed by atoms with E-state index < -0.39 is 11.4 Å². The Morgan fingerprint density at radius 1 is 0.955 bits per heavy atom. The zero-order valence-corrected chi connectivity index (χ0v) is 26.7. The highest BCUT2D eigenvalue weighted by Crippen LogP contribution is 2.42. The number of carboxylic acid groups (broad SMARTS) is 1. The van der Waals surface area contributed by atoms with E-state index in [1.54, 1.807) is 12.1 Å². The summed E-state index contributed by atoms with van der Waals surface area (Å²) in [5, 5.41) is 14.0. The summed E-state index contributed by atoms with van der Waals surface area (Å²) in [7, 11) is 0. The van der Waals surface area contributed by atoms with Gasteiger partial charge in [-0.2, -0.15) is 0 Å². The molecule has 6 nitrogen and oxygen atoms in total. The number of H-pyrrole nitrogens is 1. The van der Waals surface area contributed by atoms with Crippen LogP contribution in [-0.4, -0.2) is 52.0 Å². The van der Waals surface area contributed by atoms with Gasteiger partial charge in [0.2, 0.25) is 5.91 Å². The van der Waals surface area contributed by atoms with Gasteiger partial charge in [0.05, 0.1) is 16.7 Å². The molecule has 0 spiro atoms. The van der Waals surface area contributed by atoms with Crippen molar-refractivity contribution >= 4 is 22.8 Å². The van der Waals surface area contributed by atoms with Crippen molar-refractivity contribution in [3.05, 3.63) is 94.0 Å². The highest BCUT2D eigenvalue weighted by atomic mass is 16.4. The molecular weight excluding hydrogens is 546 g/mol. The standard InChI is InChI=1S/C38H45N3O3/c1-23-18-24(2)20-28(19-23)35-34(25(3)22-39-17-16-26-6-8-27(9-7-26)36(42)43)32-21-29(10-15-33(32)40-35)38(4,5)37(44)41-30-11-12-31(41)14-13-30/h6-10,15,18-21,25,30-31,39-40H,11-14,16-17,22H2,1-5H3,(H,42,43)/t25-,30?,31?/m0/s1. The third kappa shape index (κ3) is 5.68. The molecule has 1 amide bonds. The molecule has 0 unspecified atom stereocenters. The molecular formula is C38H45N3O3. The average molecular weight is 592 g/mol. The lowest BCUT2D eigenvalue weighted by atomic mass is 9.81. The Balaban J connectivity index is 1.29. The predicted molar refractivity (Wildman–Crippen MR) is 178 cm³/mol. The first kappa shape index (κ1) is 30.1. The van der Waals surface area contributed by atoms with Gasteiger partial charge in [0.15, 0.2) is 0 Å². The number of rotatable bonds is 10. The Morgan fingerprint density at radius 2 is 1.59 bits per heavy atom. The van der Waals surface area contributed by atoms with Crippen molar-refractivity contribution in [2.75, 3.05) is 13.1 Å². The lowest BCUT2D eigenvalue weighted by Gasteiger charge is -2.33. The lowest BCUT2D eigenvalue weighted by molar-refractivity contribution is -0.137.